The Kier molecular flexibility index (Phi) is 6.79. The third-order valence-electron chi connectivity index (χ3n) is 4.58. The van der Waals surface area contributed by atoms with Crippen LogP contribution in [0.2, 0.25) is 0 Å². The van der Waals surface area contributed by atoms with Gasteiger partial charge in [0.05, 0.1) is 0 Å². The molecule has 0 fully saturated rings. The number of carbonyl (C=O) groups is 2. The predicted octanol–water partition coefficient (Wildman–Crippen LogP) is 3.60. The van der Waals surface area contributed by atoms with Crippen LogP contribution in [0.4, 0.5) is 10.5 Å². The summed E-state index contributed by atoms with van der Waals surface area (Å²) in [7, 11) is 0. The third kappa shape index (κ3) is 5.91. The molecule has 0 bridgehead atoms. The lowest BCUT2D eigenvalue weighted by Crippen LogP contribution is -2.23. The summed E-state index contributed by atoms with van der Waals surface area (Å²) in [6.07, 6.45) is 0.611. The Hall–Kier alpha value is -3.68. The molecule has 0 saturated heterocycles. The van der Waals surface area contributed by atoms with E-state index in [1.807, 2.05) is 12.1 Å². The summed E-state index contributed by atoms with van der Waals surface area (Å²) in [5.74, 6) is 1.29. The monoisotopic (exact) mass is 407 g/mol. The molecule has 0 radical (unpaired) electrons. The molecule has 0 aliphatic rings. The molecule has 4 N–H and O–H groups in total. The molecule has 0 atom stereocenters. The number of anilines is 1. The molecule has 8 nitrogen and oxygen atoms in total. The Morgan fingerprint density at radius 1 is 1.07 bits per heavy atom. The minimum absolute atomic E-state index is 0.115. The minimum atomic E-state index is -0.618. The van der Waals surface area contributed by atoms with E-state index in [1.165, 1.54) is 5.56 Å². The maximum Gasteiger partial charge on any atom is 0.316 e. The van der Waals surface area contributed by atoms with Crippen molar-refractivity contribution in [1.82, 2.24) is 15.5 Å². The molecule has 0 spiro atoms. The summed E-state index contributed by atoms with van der Waals surface area (Å²) in [6, 6.07) is 14.5. The van der Waals surface area contributed by atoms with Crippen molar-refractivity contribution < 1.29 is 14.1 Å². The van der Waals surface area contributed by atoms with Gasteiger partial charge in [0.1, 0.15) is 0 Å². The van der Waals surface area contributed by atoms with Crippen molar-refractivity contribution in [3.8, 4) is 11.4 Å². The molecule has 30 heavy (non-hydrogen) atoms. The third-order valence-corrected chi connectivity index (χ3v) is 4.58. The average molecular weight is 407 g/mol. The van der Waals surface area contributed by atoms with Gasteiger partial charge < -0.3 is 20.9 Å². The Morgan fingerprint density at radius 2 is 1.77 bits per heavy atom. The van der Waals surface area contributed by atoms with Crippen molar-refractivity contribution in [2.24, 2.45) is 5.73 Å². The zero-order valence-corrected chi connectivity index (χ0v) is 17.0. The first-order valence-electron chi connectivity index (χ1n) is 9.75. The standard InChI is InChI=1S/C22H25N5O3/c1-14(2)16-5-7-17(8-6-16)21-26-20(30-27-21)12-11-19(28)24-13-15-3-9-18(10-4-15)25-22(23)29/h3-10,14H,11-13H2,1-2H3,(H,24,28)(H3,23,25,29). The van der Waals surface area contributed by atoms with Crippen LogP contribution in [0.1, 0.15) is 43.2 Å². The molecule has 0 aliphatic heterocycles. The number of primary amides is 1. The molecule has 3 aromatic rings. The number of rotatable bonds is 8. The van der Waals surface area contributed by atoms with Gasteiger partial charge in [0.15, 0.2) is 0 Å². The Labute approximate surface area is 174 Å². The van der Waals surface area contributed by atoms with Crippen molar-refractivity contribution in [1.29, 1.82) is 0 Å². The maximum atomic E-state index is 12.1. The molecule has 2 aromatic carbocycles. The molecule has 3 rings (SSSR count). The Balaban J connectivity index is 1.46. The summed E-state index contributed by atoms with van der Waals surface area (Å²) in [4.78, 5) is 27.3. The minimum Gasteiger partial charge on any atom is -0.352 e. The van der Waals surface area contributed by atoms with Crippen molar-refractivity contribution in [3.05, 3.63) is 65.5 Å². The molecule has 1 heterocycles. The number of hydrogen-bond donors (Lipinski definition) is 3. The van der Waals surface area contributed by atoms with Crippen LogP contribution >= 0.6 is 0 Å². The Morgan fingerprint density at radius 3 is 2.40 bits per heavy atom. The van der Waals surface area contributed by atoms with Gasteiger partial charge in [-0.05, 0) is 29.2 Å². The van der Waals surface area contributed by atoms with E-state index in [2.05, 4.69) is 46.8 Å². The van der Waals surface area contributed by atoms with Gasteiger partial charge in [0, 0.05) is 30.6 Å². The van der Waals surface area contributed by atoms with E-state index in [-0.39, 0.29) is 12.3 Å². The molecule has 0 aliphatic carbocycles. The molecule has 8 heteroatoms. The first-order valence-corrected chi connectivity index (χ1v) is 9.75. The zero-order valence-electron chi connectivity index (χ0n) is 17.0. The number of urea groups is 1. The number of nitrogens with two attached hydrogens (primary N) is 1. The van der Waals surface area contributed by atoms with E-state index in [0.717, 1.165) is 11.1 Å². The normalized spacial score (nSPS) is 10.8. The predicted molar refractivity (Wildman–Crippen MR) is 114 cm³/mol. The topological polar surface area (TPSA) is 123 Å². The van der Waals surface area contributed by atoms with Crippen LogP contribution in [0, 0.1) is 0 Å². The second-order valence-electron chi connectivity index (χ2n) is 7.25. The van der Waals surface area contributed by atoms with Crippen LogP contribution in [0.3, 0.4) is 0 Å². The van der Waals surface area contributed by atoms with Gasteiger partial charge in [-0.25, -0.2) is 4.79 Å². The van der Waals surface area contributed by atoms with Crippen molar-refractivity contribution in [2.75, 3.05) is 5.32 Å². The summed E-state index contributed by atoms with van der Waals surface area (Å²) in [5.41, 5.74) is 8.71. The van der Waals surface area contributed by atoms with Gasteiger partial charge in [-0.3, -0.25) is 4.79 Å². The highest BCUT2D eigenvalue weighted by molar-refractivity contribution is 5.87. The van der Waals surface area contributed by atoms with Crippen LogP contribution in [-0.4, -0.2) is 22.1 Å². The molecular formula is C22H25N5O3. The van der Waals surface area contributed by atoms with Gasteiger partial charge >= 0.3 is 6.03 Å². The van der Waals surface area contributed by atoms with Crippen LogP contribution in [0.25, 0.3) is 11.4 Å². The van der Waals surface area contributed by atoms with Crippen LogP contribution in [-0.2, 0) is 17.8 Å². The lowest BCUT2D eigenvalue weighted by atomic mass is 10.0. The highest BCUT2D eigenvalue weighted by Gasteiger charge is 2.11. The number of hydrogen-bond acceptors (Lipinski definition) is 5. The zero-order chi connectivity index (χ0) is 21.5. The summed E-state index contributed by atoms with van der Waals surface area (Å²) in [5, 5.41) is 9.33. The number of amides is 3. The summed E-state index contributed by atoms with van der Waals surface area (Å²) in [6.45, 7) is 4.67. The smallest absolute Gasteiger partial charge is 0.316 e. The number of nitrogens with zero attached hydrogens (tertiary/aromatic N) is 2. The summed E-state index contributed by atoms with van der Waals surface area (Å²) >= 11 is 0. The maximum absolute atomic E-state index is 12.1. The van der Waals surface area contributed by atoms with Crippen LogP contribution in [0.15, 0.2) is 53.1 Å². The van der Waals surface area contributed by atoms with Crippen LogP contribution < -0.4 is 16.4 Å². The van der Waals surface area contributed by atoms with E-state index in [0.29, 0.717) is 36.3 Å². The van der Waals surface area contributed by atoms with E-state index in [1.54, 1.807) is 24.3 Å². The fourth-order valence-electron chi connectivity index (χ4n) is 2.85. The van der Waals surface area contributed by atoms with E-state index in [4.69, 9.17) is 10.3 Å². The fourth-order valence-corrected chi connectivity index (χ4v) is 2.85. The number of aromatic nitrogens is 2. The van der Waals surface area contributed by atoms with Gasteiger partial charge in [0.2, 0.25) is 17.6 Å². The molecule has 156 valence electrons. The molecule has 0 unspecified atom stereocenters. The number of carbonyl (C=O) groups excluding carboxylic acids is 2. The fraction of sp³-hybridized carbons (Fsp3) is 0.273. The average Bonchev–Trinajstić information content (AvgIpc) is 3.20. The second kappa shape index (κ2) is 9.69. The van der Waals surface area contributed by atoms with Gasteiger partial charge in [-0.15, -0.1) is 0 Å². The lowest BCUT2D eigenvalue weighted by molar-refractivity contribution is -0.121. The molecule has 0 saturated carbocycles. The molecular weight excluding hydrogens is 382 g/mol. The lowest BCUT2D eigenvalue weighted by Gasteiger charge is -2.06. The van der Waals surface area contributed by atoms with Crippen LogP contribution in [0.5, 0.6) is 0 Å². The Bertz CT molecular complexity index is 994. The van der Waals surface area contributed by atoms with Crippen molar-refractivity contribution in [3.63, 3.8) is 0 Å². The highest BCUT2D eigenvalue weighted by atomic mass is 16.5. The second-order valence-corrected chi connectivity index (χ2v) is 7.25. The number of aryl methyl sites for hydroxylation is 1. The van der Waals surface area contributed by atoms with E-state index < -0.39 is 6.03 Å². The van der Waals surface area contributed by atoms with Gasteiger partial charge in [0.25, 0.3) is 0 Å². The van der Waals surface area contributed by atoms with E-state index >= 15 is 0 Å². The number of benzene rings is 2. The van der Waals surface area contributed by atoms with Crippen molar-refractivity contribution >= 4 is 17.6 Å². The SMILES string of the molecule is CC(C)c1ccc(-c2noc(CCC(=O)NCc3ccc(NC(N)=O)cc3)n2)cc1. The van der Waals surface area contributed by atoms with E-state index in [9.17, 15) is 9.59 Å². The largest absolute Gasteiger partial charge is 0.352 e. The first kappa shape index (κ1) is 21.0. The van der Waals surface area contributed by atoms with Gasteiger partial charge in [-0.1, -0.05) is 55.4 Å². The number of nitrogens with one attached hydrogen (secondary N) is 2. The van der Waals surface area contributed by atoms with Gasteiger partial charge in [-0.2, -0.15) is 4.98 Å². The molecule has 3 amide bonds. The van der Waals surface area contributed by atoms with Crippen molar-refractivity contribution in [2.45, 2.75) is 39.2 Å². The quantitative estimate of drug-likeness (QED) is 0.526. The first-order chi connectivity index (χ1) is 14.4. The molecule has 1 aromatic heterocycles. The summed E-state index contributed by atoms with van der Waals surface area (Å²) < 4.78 is 5.27. The highest BCUT2D eigenvalue weighted by Crippen LogP contribution is 2.20.